The normalized spacial score (nSPS) is 17.4. The number of hydrogen-bond donors (Lipinski definition) is 0. The fraction of sp³-hybridized carbons (Fsp3) is 0.353. The number of carbonyl (C=O) groups is 1. The first-order valence-electron chi connectivity index (χ1n) is 6.97. The van der Waals surface area contributed by atoms with E-state index in [2.05, 4.69) is 30.3 Å². The van der Waals surface area contributed by atoms with Gasteiger partial charge in [-0.25, -0.2) is 4.79 Å². The van der Waals surface area contributed by atoms with Gasteiger partial charge in [0.05, 0.1) is 6.61 Å². The number of benzene rings is 1. The molecule has 3 rings (SSSR count). The molecule has 98 valence electrons. The zero-order valence-electron chi connectivity index (χ0n) is 11.2. The molecular weight excluding hydrogens is 236 g/mol. The molecule has 0 saturated carbocycles. The minimum Gasteiger partial charge on any atom is -0.463 e. The van der Waals surface area contributed by atoms with Crippen LogP contribution in [0.2, 0.25) is 0 Å². The van der Waals surface area contributed by atoms with Crippen molar-refractivity contribution in [1.29, 1.82) is 0 Å². The molecule has 1 aromatic rings. The number of rotatable bonds is 2. The van der Waals surface area contributed by atoms with Gasteiger partial charge in [0.1, 0.15) is 0 Å². The number of esters is 1. The van der Waals surface area contributed by atoms with E-state index in [-0.39, 0.29) is 5.97 Å². The van der Waals surface area contributed by atoms with Gasteiger partial charge in [-0.1, -0.05) is 24.3 Å². The first kappa shape index (κ1) is 12.2. The predicted octanol–water partition coefficient (Wildman–Crippen LogP) is 3.67. The number of aryl methyl sites for hydroxylation is 1. The van der Waals surface area contributed by atoms with Gasteiger partial charge >= 0.3 is 5.97 Å². The van der Waals surface area contributed by atoms with Crippen molar-refractivity contribution in [3.8, 4) is 0 Å². The fourth-order valence-electron chi connectivity index (χ4n) is 3.01. The van der Waals surface area contributed by atoms with Crippen LogP contribution < -0.4 is 0 Å². The Kier molecular flexibility index (Phi) is 3.24. The Morgan fingerprint density at radius 1 is 1.16 bits per heavy atom. The Bertz CT molecular complexity index is 579. The van der Waals surface area contributed by atoms with Crippen LogP contribution in [-0.2, 0) is 16.0 Å². The molecule has 0 atom stereocenters. The second-order valence-electron chi connectivity index (χ2n) is 5.05. The summed E-state index contributed by atoms with van der Waals surface area (Å²) in [5, 5.41) is 0. The van der Waals surface area contributed by atoms with Gasteiger partial charge in [-0.2, -0.15) is 0 Å². The van der Waals surface area contributed by atoms with E-state index >= 15 is 0 Å². The van der Waals surface area contributed by atoms with Crippen LogP contribution in [0.5, 0.6) is 0 Å². The highest BCUT2D eigenvalue weighted by atomic mass is 16.5. The zero-order valence-corrected chi connectivity index (χ0v) is 11.2. The molecule has 1 aromatic carbocycles. The summed E-state index contributed by atoms with van der Waals surface area (Å²) in [4.78, 5) is 11.8. The van der Waals surface area contributed by atoms with E-state index < -0.39 is 0 Å². The zero-order chi connectivity index (χ0) is 13.2. The fourth-order valence-corrected chi connectivity index (χ4v) is 3.01. The van der Waals surface area contributed by atoms with Crippen molar-refractivity contribution >= 4 is 11.5 Å². The summed E-state index contributed by atoms with van der Waals surface area (Å²) in [5.41, 5.74) is 6.40. The highest BCUT2D eigenvalue weighted by Crippen LogP contribution is 2.39. The van der Waals surface area contributed by atoms with Crippen molar-refractivity contribution in [2.75, 3.05) is 6.61 Å². The van der Waals surface area contributed by atoms with Crippen molar-refractivity contribution < 1.29 is 9.53 Å². The van der Waals surface area contributed by atoms with E-state index in [9.17, 15) is 4.79 Å². The van der Waals surface area contributed by atoms with Crippen LogP contribution in [0.25, 0.3) is 5.57 Å². The van der Waals surface area contributed by atoms with Crippen LogP contribution in [-0.4, -0.2) is 12.6 Å². The molecule has 0 fully saturated rings. The Morgan fingerprint density at radius 2 is 2.00 bits per heavy atom. The lowest BCUT2D eigenvalue weighted by Gasteiger charge is -2.26. The Labute approximate surface area is 113 Å². The minimum atomic E-state index is -0.145. The van der Waals surface area contributed by atoms with Crippen LogP contribution in [0.15, 0.2) is 41.5 Å². The van der Waals surface area contributed by atoms with Crippen LogP contribution in [0.3, 0.4) is 0 Å². The number of hydrogen-bond acceptors (Lipinski definition) is 2. The third kappa shape index (κ3) is 2.23. The first-order chi connectivity index (χ1) is 9.29. The molecule has 2 aliphatic rings. The number of carbonyl (C=O) groups excluding carboxylic acids is 1. The molecule has 2 heteroatoms. The van der Waals surface area contributed by atoms with Gasteiger partial charge in [0.15, 0.2) is 0 Å². The highest BCUT2D eigenvalue weighted by Gasteiger charge is 2.23. The first-order valence-corrected chi connectivity index (χ1v) is 6.97. The van der Waals surface area contributed by atoms with Crippen molar-refractivity contribution in [3.63, 3.8) is 0 Å². The van der Waals surface area contributed by atoms with E-state index in [1.165, 1.54) is 22.3 Å². The van der Waals surface area contributed by atoms with Gasteiger partial charge < -0.3 is 4.74 Å². The Morgan fingerprint density at radius 3 is 2.84 bits per heavy atom. The molecule has 0 amide bonds. The summed E-state index contributed by atoms with van der Waals surface area (Å²) in [7, 11) is 0. The lowest BCUT2D eigenvalue weighted by atomic mass is 9.79. The smallest absolute Gasteiger partial charge is 0.334 e. The van der Waals surface area contributed by atoms with Gasteiger partial charge in [0, 0.05) is 5.57 Å². The summed E-state index contributed by atoms with van der Waals surface area (Å²) in [6, 6.07) is 8.61. The molecule has 0 unspecified atom stereocenters. The summed E-state index contributed by atoms with van der Waals surface area (Å²) >= 11 is 0. The van der Waals surface area contributed by atoms with Crippen molar-refractivity contribution in [2.24, 2.45) is 0 Å². The highest BCUT2D eigenvalue weighted by molar-refractivity contribution is 5.92. The maximum absolute atomic E-state index is 11.8. The summed E-state index contributed by atoms with van der Waals surface area (Å²) in [6.45, 7) is 2.30. The molecule has 0 saturated heterocycles. The van der Waals surface area contributed by atoms with Crippen LogP contribution in [0.1, 0.15) is 37.3 Å². The molecule has 0 N–H and O–H groups in total. The van der Waals surface area contributed by atoms with Gasteiger partial charge in [0.25, 0.3) is 0 Å². The van der Waals surface area contributed by atoms with Crippen LogP contribution in [0.4, 0.5) is 0 Å². The minimum absolute atomic E-state index is 0.145. The molecule has 0 spiro atoms. The molecule has 0 bridgehead atoms. The number of ether oxygens (including phenoxy) is 1. The number of fused-ring (bicyclic) bond motifs is 2. The third-order valence-corrected chi connectivity index (χ3v) is 3.92. The molecular formula is C17H18O2. The van der Waals surface area contributed by atoms with Crippen LogP contribution in [0, 0.1) is 0 Å². The standard InChI is InChI=1S/C17H18O2/c1-2-19-17(18)14-9-10-16-13(11-14)8-7-12-5-3-4-6-15(12)16/h3-6,11H,2,7-10H2,1H3. The van der Waals surface area contributed by atoms with Crippen molar-refractivity contribution in [3.05, 3.63) is 52.6 Å². The SMILES string of the molecule is CCOC(=O)C1=CC2=C(CC1)c1ccccc1CC2. The monoisotopic (exact) mass is 254 g/mol. The van der Waals surface area contributed by atoms with E-state index in [0.717, 1.165) is 31.3 Å². The van der Waals surface area contributed by atoms with Gasteiger partial charge in [-0.3, -0.25) is 0 Å². The van der Waals surface area contributed by atoms with E-state index in [1.807, 2.05) is 6.92 Å². The Balaban J connectivity index is 1.96. The molecule has 2 aliphatic carbocycles. The van der Waals surface area contributed by atoms with Crippen molar-refractivity contribution in [2.45, 2.75) is 32.6 Å². The van der Waals surface area contributed by atoms with Crippen LogP contribution >= 0.6 is 0 Å². The van der Waals surface area contributed by atoms with E-state index in [1.54, 1.807) is 0 Å². The lowest BCUT2D eigenvalue weighted by molar-refractivity contribution is -0.138. The summed E-state index contributed by atoms with van der Waals surface area (Å²) < 4.78 is 5.10. The van der Waals surface area contributed by atoms with E-state index in [0.29, 0.717) is 6.61 Å². The topological polar surface area (TPSA) is 26.3 Å². The lowest BCUT2D eigenvalue weighted by Crippen LogP contribution is -2.14. The third-order valence-electron chi connectivity index (χ3n) is 3.92. The van der Waals surface area contributed by atoms with Gasteiger partial charge in [-0.15, -0.1) is 0 Å². The molecule has 0 aliphatic heterocycles. The maximum Gasteiger partial charge on any atom is 0.334 e. The summed E-state index contributed by atoms with van der Waals surface area (Å²) in [6.07, 6.45) is 5.92. The molecule has 2 nitrogen and oxygen atoms in total. The second-order valence-corrected chi connectivity index (χ2v) is 5.05. The van der Waals surface area contributed by atoms with E-state index in [4.69, 9.17) is 4.74 Å². The molecule has 0 heterocycles. The molecule has 0 aromatic heterocycles. The maximum atomic E-state index is 11.8. The Hall–Kier alpha value is -1.83. The molecule has 19 heavy (non-hydrogen) atoms. The average molecular weight is 254 g/mol. The average Bonchev–Trinajstić information content (AvgIpc) is 2.46. The predicted molar refractivity (Wildman–Crippen MR) is 75.6 cm³/mol. The molecule has 0 radical (unpaired) electrons. The van der Waals surface area contributed by atoms with Gasteiger partial charge in [0.2, 0.25) is 0 Å². The van der Waals surface area contributed by atoms with Gasteiger partial charge in [-0.05, 0) is 61.0 Å². The quantitative estimate of drug-likeness (QED) is 0.753. The summed E-state index contributed by atoms with van der Waals surface area (Å²) in [5.74, 6) is -0.145. The second kappa shape index (κ2) is 5.04. The largest absolute Gasteiger partial charge is 0.463 e. The van der Waals surface area contributed by atoms with Crippen molar-refractivity contribution in [1.82, 2.24) is 0 Å². The number of allylic oxidation sites excluding steroid dienone is 3.